The molecule has 1 N–H and O–H groups in total. The first-order chi connectivity index (χ1) is 15.4. The van der Waals surface area contributed by atoms with Crippen LogP contribution in [0.5, 0.6) is 17.4 Å². The second-order valence-electron chi connectivity index (χ2n) is 7.09. The normalized spacial score (nSPS) is 11.9. The first-order valence-corrected chi connectivity index (χ1v) is 11.3. The van der Waals surface area contributed by atoms with Crippen LogP contribution in [0.3, 0.4) is 0 Å². The molecule has 0 spiro atoms. The van der Waals surface area contributed by atoms with Gasteiger partial charge >= 0.3 is 0 Å². The zero-order valence-electron chi connectivity index (χ0n) is 19.3. The lowest BCUT2D eigenvalue weighted by molar-refractivity contribution is 0.0943. The van der Waals surface area contributed by atoms with Gasteiger partial charge in [-0.2, -0.15) is 4.98 Å². The van der Waals surface area contributed by atoms with Gasteiger partial charge in [0.25, 0.3) is 5.91 Å². The summed E-state index contributed by atoms with van der Waals surface area (Å²) in [5.74, 6) is 2.12. The number of hydrogen-bond acceptors (Lipinski definition) is 8. The number of methoxy groups -OCH3 is 2. The lowest BCUT2D eigenvalue weighted by Gasteiger charge is -2.17. The predicted octanol–water partition coefficient (Wildman–Crippen LogP) is 4.44. The van der Waals surface area contributed by atoms with Crippen molar-refractivity contribution in [3.8, 4) is 17.4 Å². The van der Waals surface area contributed by atoms with Crippen molar-refractivity contribution in [3.05, 3.63) is 40.0 Å². The molecule has 3 aromatic rings. The number of amides is 1. The van der Waals surface area contributed by atoms with Gasteiger partial charge in [0, 0.05) is 7.11 Å². The molecule has 0 bridgehead atoms. The molecular weight excluding hydrogens is 430 g/mol. The third-order valence-corrected chi connectivity index (χ3v) is 6.08. The molecule has 0 saturated carbocycles. The van der Waals surface area contributed by atoms with Crippen molar-refractivity contribution in [3.63, 3.8) is 0 Å². The van der Waals surface area contributed by atoms with Gasteiger partial charge in [-0.3, -0.25) is 4.79 Å². The number of carbonyl (C=O) groups excluding carboxylic acids is 1. The molecule has 0 aliphatic rings. The Balaban J connectivity index is 1.88. The summed E-state index contributed by atoms with van der Waals surface area (Å²) in [7, 11) is 3.14. The van der Waals surface area contributed by atoms with Crippen molar-refractivity contribution in [2.24, 2.45) is 0 Å². The highest BCUT2D eigenvalue weighted by Crippen LogP contribution is 2.36. The minimum absolute atomic E-state index is 0.180. The van der Waals surface area contributed by atoms with Crippen molar-refractivity contribution in [2.45, 2.75) is 40.3 Å². The van der Waals surface area contributed by atoms with Crippen molar-refractivity contribution >= 4 is 27.5 Å². The van der Waals surface area contributed by atoms with E-state index in [1.54, 1.807) is 14.2 Å². The van der Waals surface area contributed by atoms with E-state index in [1.165, 1.54) is 11.3 Å². The van der Waals surface area contributed by atoms with Crippen molar-refractivity contribution < 1.29 is 23.7 Å². The Hall–Kier alpha value is -2.91. The quantitative estimate of drug-likeness (QED) is 0.479. The average molecular weight is 460 g/mol. The number of ether oxygens (including phenoxy) is 4. The van der Waals surface area contributed by atoms with Gasteiger partial charge in [0.2, 0.25) is 5.88 Å². The molecule has 1 unspecified atom stereocenters. The van der Waals surface area contributed by atoms with E-state index in [9.17, 15) is 4.79 Å². The maximum Gasteiger partial charge on any atom is 0.262 e. The number of nitrogens with zero attached hydrogens (tertiary/aromatic N) is 2. The predicted molar refractivity (Wildman–Crippen MR) is 124 cm³/mol. The molecule has 2 aromatic heterocycles. The largest absolute Gasteiger partial charge is 0.490 e. The molecule has 1 amide bonds. The molecule has 0 saturated heterocycles. The number of thiophene rings is 1. The van der Waals surface area contributed by atoms with Crippen LogP contribution in [0.1, 0.15) is 53.4 Å². The topological polar surface area (TPSA) is 91.8 Å². The van der Waals surface area contributed by atoms with E-state index in [-0.39, 0.29) is 18.6 Å². The number of benzene rings is 1. The highest BCUT2D eigenvalue weighted by Gasteiger charge is 2.23. The van der Waals surface area contributed by atoms with E-state index >= 15 is 0 Å². The van der Waals surface area contributed by atoms with Crippen LogP contribution in [0.2, 0.25) is 0 Å². The summed E-state index contributed by atoms with van der Waals surface area (Å²) < 4.78 is 21.9. The minimum atomic E-state index is -0.237. The lowest BCUT2D eigenvalue weighted by atomic mass is 10.1. The molecule has 1 aromatic carbocycles. The van der Waals surface area contributed by atoms with E-state index in [0.717, 1.165) is 16.5 Å². The molecular formula is C23H29N3O5S. The van der Waals surface area contributed by atoms with Crippen molar-refractivity contribution in [1.82, 2.24) is 15.3 Å². The van der Waals surface area contributed by atoms with Crippen LogP contribution in [0, 0.1) is 6.92 Å². The Bertz CT molecular complexity index is 1100. The maximum absolute atomic E-state index is 13.1. The molecule has 8 nitrogen and oxygen atoms in total. The third kappa shape index (κ3) is 4.94. The summed E-state index contributed by atoms with van der Waals surface area (Å²) in [5, 5.41) is 3.82. The summed E-state index contributed by atoms with van der Waals surface area (Å²) in [5.41, 5.74) is 1.71. The number of carbonyl (C=O) groups is 1. The Morgan fingerprint density at radius 1 is 1.12 bits per heavy atom. The summed E-state index contributed by atoms with van der Waals surface area (Å²) in [6.07, 6.45) is 0. The van der Waals surface area contributed by atoms with E-state index in [0.29, 0.717) is 46.1 Å². The van der Waals surface area contributed by atoms with Crippen molar-refractivity contribution in [1.29, 1.82) is 0 Å². The molecule has 3 rings (SSSR count). The smallest absolute Gasteiger partial charge is 0.262 e. The molecule has 2 heterocycles. The van der Waals surface area contributed by atoms with Crippen LogP contribution >= 0.6 is 11.3 Å². The molecule has 0 fully saturated rings. The van der Waals surface area contributed by atoms with E-state index in [2.05, 4.69) is 15.3 Å². The van der Waals surface area contributed by atoms with Crippen LogP contribution in [0.4, 0.5) is 0 Å². The number of aryl methyl sites for hydroxylation is 1. The maximum atomic E-state index is 13.1. The summed E-state index contributed by atoms with van der Waals surface area (Å²) >= 11 is 1.32. The van der Waals surface area contributed by atoms with Gasteiger partial charge in [-0.05, 0) is 51.0 Å². The second-order valence-corrected chi connectivity index (χ2v) is 8.08. The molecule has 0 radical (unpaired) electrons. The van der Waals surface area contributed by atoms with Crippen LogP contribution in [0.15, 0.2) is 18.2 Å². The zero-order valence-corrected chi connectivity index (χ0v) is 20.1. The van der Waals surface area contributed by atoms with Crippen molar-refractivity contribution in [2.75, 3.05) is 27.4 Å². The SMILES string of the molecule is CCOc1ccc(C(C)NC(=O)c2sc3nc(COC)nc(OC)c3c2C)cc1OCC. The number of nitrogens with one attached hydrogen (secondary N) is 1. The molecule has 172 valence electrons. The van der Waals surface area contributed by atoms with E-state index < -0.39 is 0 Å². The summed E-state index contributed by atoms with van der Waals surface area (Å²) in [6.45, 7) is 9.01. The van der Waals surface area contributed by atoms with Gasteiger partial charge in [0.1, 0.15) is 11.4 Å². The second kappa shape index (κ2) is 10.6. The van der Waals surface area contributed by atoms with E-state index in [1.807, 2.05) is 45.9 Å². The van der Waals surface area contributed by atoms with Crippen LogP contribution in [-0.2, 0) is 11.3 Å². The van der Waals surface area contributed by atoms with Gasteiger partial charge in [-0.25, -0.2) is 4.98 Å². The van der Waals surface area contributed by atoms with Gasteiger partial charge in [0.15, 0.2) is 17.3 Å². The monoisotopic (exact) mass is 459 g/mol. The molecule has 9 heteroatoms. The third-order valence-electron chi connectivity index (χ3n) is 4.89. The molecule has 0 aliphatic carbocycles. The van der Waals surface area contributed by atoms with E-state index in [4.69, 9.17) is 18.9 Å². The first kappa shape index (κ1) is 23.7. The highest BCUT2D eigenvalue weighted by molar-refractivity contribution is 7.20. The van der Waals surface area contributed by atoms with Gasteiger partial charge in [-0.15, -0.1) is 11.3 Å². The van der Waals surface area contributed by atoms with Crippen LogP contribution in [0.25, 0.3) is 10.2 Å². The lowest BCUT2D eigenvalue weighted by Crippen LogP contribution is -2.26. The summed E-state index contributed by atoms with van der Waals surface area (Å²) in [4.78, 5) is 23.3. The average Bonchev–Trinajstić information content (AvgIpc) is 3.11. The number of fused-ring (bicyclic) bond motifs is 1. The Kier molecular flexibility index (Phi) is 7.87. The first-order valence-electron chi connectivity index (χ1n) is 10.5. The Morgan fingerprint density at radius 2 is 1.84 bits per heavy atom. The fraction of sp³-hybridized carbons (Fsp3) is 0.435. The number of hydrogen-bond donors (Lipinski definition) is 1. The fourth-order valence-electron chi connectivity index (χ4n) is 3.38. The van der Waals surface area contributed by atoms with Crippen LogP contribution in [-0.4, -0.2) is 43.3 Å². The van der Waals surface area contributed by atoms with Gasteiger partial charge < -0.3 is 24.3 Å². The molecule has 32 heavy (non-hydrogen) atoms. The zero-order chi connectivity index (χ0) is 23.3. The van der Waals surface area contributed by atoms with Crippen LogP contribution < -0.4 is 19.5 Å². The summed E-state index contributed by atoms with van der Waals surface area (Å²) in [6, 6.07) is 5.47. The highest BCUT2D eigenvalue weighted by atomic mass is 32.1. The molecule has 1 atom stereocenters. The molecule has 0 aliphatic heterocycles. The van der Waals surface area contributed by atoms with Gasteiger partial charge in [-0.1, -0.05) is 6.07 Å². The van der Waals surface area contributed by atoms with Gasteiger partial charge in [0.05, 0.1) is 36.6 Å². The fourth-order valence-corrected chi connectivity index (χ4v) is 4.48. The Labute approximate surface area is 191 Å². The number of rotatable bonds is 10. The standard InChI is InChI=1S/C23H29N3O5S/c1-7-30-16-10-9-15(11-17(16)31-8-2)14(4)24-21(27)20-13(3)19-22(29-6)25-18(12-28-5)26-23(19)32-20/h9-11,14H,7-8,12H2,1-6H3,(H,24,27). The number of aromatic nitrogens is 2. The Morgan fingerprint density at radius 3 is 2.50 bits per heavy atom. The minimum Gasteiger partial charge on any atom is -0.490 e.